The number of hydrogen-bond acceptors (Lipinski definition) is 2. The van der Waals surface area contributed by atoms with Gasteiger partial charge < -0.3 is 10.4 Å². The summed E-state index contributed by atoms with van der Waals surface area (Å²) in [4.78, 5) is 12.4. The lowest BCUT2D eigenvalue weighted by molar-refractivity contribution is 0.0897. The highest BCUT2D eigenvalue weighted by atomic mass is 16.3. The fraction of sp³-hybridized carbons (Fsp3) is 0.562. The SMILES string of the molecule is CC(C)(CCO)NC(=O)c1ccccc1C(C)(C)C. The molecule has 0 spiro atoms. The number of nitrogens with one attached hydrogen (secondary N) is 1. The maximum atomic E-state index is 12.4. The van der Waals surface area contributed by atoms with E-state index in [4.69, 9.17) is 5.11 Å². The minimum absolute atomic E-state index is 0.0637. The Balaban J connectivity index is 3.01. The molecular weight excluding hydrogens is 238 g/mol. The molecule has 0 radical (unpaired) electrons. The van der Waals surface area contributed by atoms with E-state index in [1.54, 1.807) is 0 Å². The van der Waals surface area contributed by atoms with Crippen molar-refractivity contribution < 1.29 is 9.90 Å². The normalized spacial score (nSPS) is 12.3. The third-order valence-electron chi connectivity index (χ3n) is 3.17. The van der Waals surface area contributed by atoms with Gasteiger partial charge >= 0.3 is 0 Å². The van der Waals surface area contributed by atoms with E-state index in [0.717, 1.165) is 5.56 Å². The van der Waals surface area contributed by atoms with Gasteiger partial charge in [-0.2, -0.15) is 0 Å². The lowest BCUT2D eigenvalue weighted by atomic mass is 9.83. The van der Waals surface area contributed by atoms with Gasteiger partial charge in [0.15, 0.2) is 0 Å². The van der Waals surface area contributed by atoms with Crippen molar-refractivity contribution in [1.82, 2.24) is 5.32 Å². The first-order valence-corrected chi connectivity index (χ1v) is 6.70. The van der Waals surface area contributed by atoms with E-state index >= 15 is 0 Å². The fourth-order valence-electron chi connectivity index (χ4n) is 2.05. The molecule has 0 aliphatic heterocycles. The van der Waals surface area contributed by atoms with Gasteiger partial charge in [-0.25, -0.2) is 0 Å². The van der Waals surface area contributed by atoms with E-state index < -0.39 is 5.54 Å². The Morgan fingerprint density at radius 2 is 1.74 bits per heavy atom. The summed E-state index contributed by atoms with van der Waals surface area (Å²) in [5, 5.41) is 12.0. The maximum Gasteiger partial charge on any atom is 0.251 e. The number of carbonyl (C=O) groups excluding carboxylic acids is 1. The van der Waals surface area contributed by atoms with Crippen LogP contribution in [0.4, 0.5) is 0 Å². The van der Waals surface area contributed by atoms with Gasteiger partial charge in [0.1, 0.15) is 0 Å². The third-order valence-corrected chi connectivity index (χ3v) is 3.17. The second kappa shape index (κ2) is 5.74. The quantitative estimate of drug-likeness (QED) is 0.877. The molecule has 0 aliphatic rings. The van der Waals surface area contributed by atoms with Crippen LogP contribution < -0.4 is 5.32 Å². The highest BCUT2D eigenvalue weighted by Crippen LogP contribution is 2.26. The van der Waals surface area contributed by atoms with Crippen LogP contribution in [0.3, 0.4) is 0 Å². The number of aliphatic hydroxyl groups is 1. The van der Waals surface area contributed by atoms with Crippen LogP contribution in [0, 0.1) is 0 Å². The fourth-order valence-corrected chi connectivity index (χ4v) is 2.05. The van der Waals surface area contributed by atoms with Crippen molar-refractivity contribution in [3.63, 3.8) is 0 Å². The van der Waals surface area contributed by atoms with Crippen LogP contribution >= 0.6 is 0 Å². The van der Waals surface area contributed by atoms with Crippen LogP contribution in [0.1, 0.15) is 57.0 Å². The summed E-state index contributed by atoms with van der Waals surface area (Å²) in [6.45, 7) is 10.2. The Bertz CT molecular complexity index is 444. The van der Waals surface area contributed by atoms with Gasteiger partial charge in [-0.05, 0) is 37.3 Å². The molecule has 19 heavy (non-hydrogen) atoms. The van der Waals surface area contributed by atoms with Gasteiger partial charge in [0.2, 0.25) is 0 Å². The summed E-state index contributed by atoms with van der Waals surface area (Å²) in [5.41, 5.74) is 1.26. The zero-order valence-electron chi connectivity index (χ0n) is 12.6. The average Bonchev–Trinajstić information content (AvgIpc) is 2.27. The maximum absolute atomic E-state index is 12.4. The monoisotopic (exact) mass is 263 g/mol. The Kier molecular flexibility index (Phi) is 4.75. The predicted molar refractivity (Wildman–Crippen MR) is 78.4 cm³/mol. The van der Waals surface area contributed by atoms with Crippen molar-refractivity contribution in [1.29, 1.82) is 0 Å². The van der Waals surface area contributed by atoms with Crippen LogP contribution in [0.15, 0.2) is 24.3 Å². The van der Waals surface area contributed by atoms with Crippen molar-refractivity contribution in [2.45, 2.75) is 52.0 Å². The molecule has 0 bridgehead atoms. The first kappa shape index (κ1) is 15.7. The number of benzene rings is 1. The molecule has 1 aromatic carbocycles. The summed E-state index contributed by atoms with van der Waals surface area (Å²) < 4.78 is 0. The highest BCUT2D eigenvalue weighted by Gasteiger charge is 2.25. The summed E-state index contributed by atoms with van der Waals surface area (Å²) in [6, 6.07) is 7.68. The van der Waals surface area contributed by atoms with Crippen LogP contribution in [0.5, 0.6) is 0 Å². The van der Waals surface area contributed by atoms with E-state index in [2.05, 4.69) is 26.1 Å². The standard InChI is InChI=1S/C16H25NO2/c1-15(2,3)13-9-7-6-8-12(13)14(19)17-16(4,5)10-11-18/h6-9,18H,10-11H2,1-5H3,(H,17,19). The van der Waals surface area contributed by atoms with Crippen molar-refractivity contribution in [3.8, 4) is 0 Å². The number of carbonyl (C=O) groups is 1. The third kappa shape index (κ3) is 4.35. The molecule has 1 rings (SSSR count). The summed E-state index contributed by atoms with van der Waals surface area (Å²) in [6.07, 6.45) is 0.538. The lowest BCUT2D eigenvalue weighted by Crippen LogP contribution is -2.44. The highest BCUT2D eigenvalue weighted by molar-refractivity contribution is 5.96. The van der Waals surface area contributed by atoms with Gasteiger partial charge in [0.25, 0.3) is 5.91 Å². The Morgan fingerprint density at radius 1 is 1.16 bits per heavy atom. The Morgan fingerprint density at radius 3 is 2.26 bits per heavy atom. The van der Waals surface area contributed by atoms with Gasteiger partial charge in [-0.1, -0.05) is 39.0 Å². The zero-order valence-corrected chi connectivity index (χ0v) is 12.6. The Labute approximate surface area is 116 Å². The number of aliphatic hydroxyl groups excluding tert-OH is 1. The predicted octanol–water partition coefficient (Wildman–Crippen LogP) is 2.87. The van der Waals surface area contributed by atoms with Gasteiger partial charge in [-0.3, -0.25) is 4.79 Å². The smallest absolute Gasteiger partial charge is 0.251 e. The van der Waals surface area contributed by atoms with E-state index in [1.807, 2.05) is 38.1 Å². The minimum Gasteiger partial charge on any atom is -0.396 e. The van der Waals surface area contributed by atoms with E-state index in [1.165, 1.54) is 0 Å². The number of amides is 1. The van der Waals surface area contributed by atoms with Gasteiger partial charge in [0.05, 0.1) is 0 Å². The molecule has 0 heterocycles. The molecule has 0 aliphatic carbocycles. The van der Waals surface area contributed by atoms with Crippen molar-refractivity contribution in [2.24, 2.45) is 0 Å². The molecule has 3 nitrogen and oxygen atoms in total. The molecule has 106 valence electrons. The molecule has 0 saturated carbocycles. The van der Waals surface area contributed by atoms with Gasteiger partial charge in [0, 0.05) is 17.7 Å². The number of rotatable bonds is 4. The minimum atomic E-state index is -0.406. The molecule has 2 N–H and O–H groups in total. The molecule has 0 atom stereocenters. The Hall–Kier alpha value is -1.35. The molecular formula is C16H25NO2. The van der Waals surface area contributed by atoms with Crippen LogP contribution in [-0.4, -0.2) is 23.2 Å². The summed E-state index contributed by atoms with van der Waals surface area (Å²) in [7, 11) is 0. The summed E-state index contributed by atoms with van der Waals surface area (Å²) >= 11 is 0. The second-order valence-electron chi connectivity index (χ2n) is 6.61. The first-order chi connectivity index (χ1) is 8.67. The second-order valence-corrected chi connectivity index (χ2v) is 6.61. The van der Waals surface area contributed by atoms with Crippen LogP contribution in [0.2, 0.25) is 0 Å². The molecule has 0 aromatic heterocycles. The van der Waals surface area contributed by atoms with Crippen LogP contribution in [0.25, 0.3) is 0 Å². The average molecular weight is 263 g/mol. The molecule has 1 amide bonds. The van der Waals surface area contributed by atoms with Crippen molar-refractivity contribution in [2.75, 3.05) is 6.61 Å². The number of hydrogen-bond donors (Lipinski definition) is 2. The van der Waals surface area contributed by atoms with Crippen molar-refractivity contribution >= 4 is 5.91 Å². The van der Waals surface area contributed by atoms with E-state index in [-0.39, 0.29) is 17.9 Å². The zero-order chi connectivity index (χ0) is 14.7. The largest absolute Gasteiger partial charge is 0.396 e. The molecule has 0 fully saturated rings. The first-order valence-electron chi connectivity index (χ1n) is 6.70. The van der Waals surface area contributed by atoms with Gasteiger partial charge in [-0.15, -0.1) is 0 Å². The van der Waals surface area contributed by atoms with E-state index in [9.17, 15) is 4.79 Å². The molecule has 3 heteroatoms. The topological polar surface area (TPSA) is 49.3 Å². The van der Waals surface area contributed by atoms with Crippen LogP contribution in [-0.2, 0) is 5.41 Å². The lowest BCUT2D eigenvalue weighted by Gasteiger charge is -2.28. The van der Waals surface area contributed by atoms with Crippen molar-refractivity contribution in [3.05, 3.63) is 35.4 Å². The molecule has 0 saturated heterocycles. The van der Waals surface area contributed by atoms with E-state index in [0.29, 0.717) is 12.0 Å². The molecule has 1 aromatic rings. The molecule has 0 unspecified atom stereocenters. The summed E-state index contributed by atoms with van der Waals surface area (Å²) in [5.74, 6) is -0.0797.